The Balaban J connectivity index is 1.68. The minimum absolute atomic E-state index is 0.0601. The van der Waals surface area contributed by atoms with Crippen LogP contribution in [0.1, 0.15) is 41.4 Å². The normalized spacial score (nSPS) is 17.8. The summed E-state index contributed by atoms with van der Waals surface area (Å²) in [7, 11) is 2.71. The van der Waals surface area contributed by atoms with Crippen LogP contribution in [0.15, 0.2) is 36.5 Å². The van der Waals surface area contributed by atoms with Gasteiger partial charge in [-0.15, -0.1) is 0 Å². The summed E-state index contributed by atoms with van der Waals surface area (Å²) in [6.07, 6.45) is 1.66. The summed E-state index contributed by atoms with van der Waals surface area (Å²) >= 11 is 0. The zero-order valence-electron chi connectivity index (χ0n) is 18.4. The molecule has 3 atom stereocenters. The van der Waals surface area contributed by atoms with Gasteiger partial charge in [-0.1, -0.05) is 31.2 Å². The van der Waals surface area contributed by atoms with Crippen LogP contribution in [0.3, 0.4) is 0 Å². The number of benzene rings is 1. The van der Waals surface area contributed by atoms with Gasteiger partial charge in [0.05, 0.1) is 7.11 Å². The number of hydrogen-bond acceptors (Lipinski definition) is 8. The van der Waals surface area contributed by atoms with Crippen molar-refractivity contribution in [1.82, 2.24) is 10.3 Å². The molecule has 0 saturated carbocycles. The van der Waals surface area contributed by atoms with Crippen LogP contribution >= 0.6 is 0 Å². The van der Waals surface area contributed by atoms with Gasteiger partial charge in [-0.2, -0.15) is 0 Å². The van der Waals surface area contributed by atoms with Crippen LogP contribution in [0.25, 0.3) is 0 Å². The molecule has 1 aliphatic carbocycles. The Hall–Kier alpha value is -3.46. The number of esters is 2. The van der Waals surface area contributed by atoms with Crippen molar-refractivity contribution in [2.45, 2.75) is 38.3 Å². The minimum Gasteiger partial charge on any atom is -0.493 e. The van der Waals surface area contributed by atoms with Gasteiger partial charge in [-0.3, -0.25) is 4.79 Å². The van der Waals surface area contributed by atoms with E-state index in [0.29, 0.717) is 6.42 Å². The molecule has 0 spiro atoms. The average Bonchev–Trinajstić information content (AvgIpc) is 3.09. The first-order valence-corrected chi connectivity index (χ1v) is 10.2. The molecule has 1 aliphatic rings. The van der Waals surface area contributed by atoms with Crippen LogP contribution in [0.5, 0.6) is 11.5 Å². The van der Waals surface area contributed by atoms with E-state index in [9.17, 15) is 14.4 Å². The fourth-order valence-corrected chi connectivity index (χ4v) is 3.59. The van der Waals surface area contributed by atoms with Crippen molar-refractivity contribution in [3.8, 4) is 11.5 Å². The van der Waals surface area contributed by atoms with Gasteiger partial charge >= 0.3 is 11.9 Å². The van der Waals surface area contributed by atoms with E-state index in [0.717, 1.165) is 11.1 Å². The SMILES string of the molecule is COCC(=O)Oc1c(OC)ccnc1C(=O)N[C@@H](C)C(=O)O[C@@H]1Cc2ccccc2[C@H]1C. The van der Waals surface area contributed by atoms with E-state index in [4.69, 9.17) is 18.9 Å². The fourth-order valence-electron chi connectivity index (χ4n) is 3.59. The summed E-state index contributed by atoms with van der Waals surface area (Å²) in [5.41, 5.74) is 2.11. The number of ether oxygens (including phenoxy) is 4. The van der Waals surface area contributed by atoms with Crippen LogP contribution in [0, 0.1) is 0 Å². The first-order valence-electron chi connectivity index (χ1n) is 10.2. The Morgan fingerprint density at radius 3 is 2.62 bits per heavy atom. The molecule has 0 radical (unpaired) electrons. The van der Waals surface area contributed by atoms with Crippen molar-refractivity contribution >= 4 is 17.8 Å². The first-order chi connectivity index (χ1) is 15.3. The Morgan fingerprint density at radius 2 is 1.94 bits per heavy atom. The molecule has 1 heterocycles. The lowest BCUT2D eigenvalue weighted by Gasteiger charge is -2.20. The molecule has 9 heteroatoms. The number of amides is 1. The number of nitrogens with zero attached hydrogens (tertiary/aromatic N) is 1. The van der Waals surface area contributed by atoms with Crippen molar-refractivity contribution in [3.05, 3.63) is 53.3 Å². The summed E-state index contributed by atoms with van der Waals surface area (Å²) in [6.45, 7) is 3.21. The number of carbonyl (C=O) groups excluding carboxylic acids is 3. The molecular weight excluding hydrogens is 416 g/mol. The third-order valence-corrected chi connectivity index (χ3v) is 5.27. The minimum atomic E-state index is -0.950. The lowest BCUT2D eigenvalue weighted by molar-refractivity contribution is -0.151. The van der Waals surface area contributed by atoms with E-state index in [1.54, 1.807) is 0 Å². The smallest absolute Gasteiger partial charge is 0.337 e. The molecule has 1 N–H and O–H groups in total. The van der Waals surface area contributed by atoms with E-state index < -0.39 is 23.9 Å². The Kier molecular flexibility index (Phi) is 7.42. The zero-order chi connectivity index (χ0) is 23.3. The highest BCUT2D eigenvalue weighted by atomic mass is 16.6. The molecule has 32 heavy (non-hydrogen) atoms. The maximum absolute atomic E-state index is 12.8. The number of methoxy groups -OCH3 is 2. The van der Waals surface area contributed by atoms with Crippen LogP contribution in [-0.4, -0.2) is 55.8 Å². The fraction of sp³-hybridized carbons (Fsp3) is 0.391. The van der Waals surface area contributed by atoms with Gasteiger partial charge < -0.3 is 24.3 Å². The van der Waals surface area contributed by atoms with Crippen LogP contribution < -0.4 is 14.8 Å². The molecule has 0 unspecified atom stereocenters. The molecule has 3 rings (SSSR count). The molecular formula is C23H26N2O7. The highest BCUT2D eigenvalue weighted by Gasteiger charge is 2.33. The summed E-state index contributed by atoms with van der Waals surface area (Å²) in [6, 6.07) is 8.46. The zero-order valence-corrected chi connectivity index (χ0v) is 18.4. The number of nitrogens with one attached hydrogen (secondary N) is 1. The molecule has 0 saturated heterocycles. The topological polar surface area (TPSA) is 113 Å². The predicted molar refractivity (Wildman–Crippen MR) is 114 cm³/mol. The van der Waals surface area contributed by atoms with Crippen molar-refractivity contribution in [3.63, 3.8) is 0 Å². The van der Waals surface area contributed by atoms with Crippen molar-refractivity contribution < 1.29 is 33.3 Å². The monoisotopic (exact) mass is 442 g/mol. The highest BCUT2D eigenvalue weighted by molar-refractivity contribution is 5.98. The third kappa shape index (κ3) is 5.05. The second-order valence-electron chi connectivity index (χ2n) is 7.46. The Bertz CT molecular complexity index is 1010. The van der Waals surface area contributed by atoms with Crippen LogP contribution in [0.4, 0.5) is 0 Å². The van der Waals surface area contributed by atoms with Gasteiger partial charge in [0, 0.05) is 31.7 Å². The highest BCUT2D eigenvalue weighted by Crippen LogP contribution is 2.35. The van der Waals surface area contributed by atoms with E-state index in [1.165, 1.54) is 33.4 Å². The van der Waals surface area contributed by atoms with Gasteiger partial charge in [0.25, 0.3) is 5.91 Å². The van der Waals surface area contributed by atoms with Crippen molar-refractivity contribution in [1.29, 1.82) is 0 Å². The second kappa shape index (κ2) is 10.2. The molecule has 0 bridgehead atoms. The van der Waals surface area contributed by atoms with Gasteiger partial charge in [-0.25, -0.2) is 14.6 Å². The standard InChI is InChI=1S/C23H26N2O7/c1-13-16-8-6-5-7-15(16)11-18(13)31-23(28)14(2)25-22(27)20-21(32-19(26)12-29-3)17(30-4)9-10-24-20/h5-10,13-14,18H,11-12H2,1-4H3,(H,25,27)/t13-,14+,18-/m1/s1. The number of hydrogen-bond donors (Lipinski definition) is 1. The van der Waals surface area contributed by atoms with Crippen LogP contribution in [0.2, 0.25) is 0 Å². The number of fused-ring (bicyclic) bond motifs is 1. The van der Waals surface area contributed by atoms with Crippen molar-refractivity contribution in [2.24, 2.45) is 0 Å². The van der Waals surface area contributed by atoms with E-state index in [-0.39, 0.29) is 35.8 Å². The largest absolute Gasteiger partial charge is 0.493 e. The number of aromatic nitrogens is 1. The summed E-state index contributed by atoms with van der Waals surface area (Å²) in [5, 5.41) is 2.55. The Labute approximate surface area is 186 Å². The number of rotatable bonds is 8. The summed E-state index contributed by atoms with van der Waals surface area (Å²) in [5.74, 6) is -1.96. The molecule has 1 aromatic heterocycles. The van der Waals surface area contributed by atoms with E-state index in [2.05, 4.69) is 10.3 Å². The molecule has 170 valence electrons. The van der Waals surface area contributed by atoms with E-state index >= 15 is 0 Å². The lowest BCUT2D eigenvalue weighted by atomic mass is 10.0. The molecule has 2 aromatic rings. The molecule has 0 fully saturated rings. The second-order valence-corrected chi connectivity index (χ2v) is 7.46. The summed E-state index contributed by atoms with van der Waals surface area (Å²) < 4.78 is 20.8. The molecule has 1 aromatic carbocycles. The van der Waals surface area contributed by atoms with Crippen molar-refractivity contribution in [2.75, 3.05) is 20.8 Å². The number of carbonyl (C=O) groups is 3. The maximum atomic E-state index is 12.8. The quantitative estimate of drug-likeness (QED) is 0.618. The van der Waals surface area contributed by atoms with Gasteiger partial charge in [-0.05, 0) is 18.1 Å². The predicted octanol–water partition coefficient (Wildman–Crippen LogP) is 2.03. The summed E-state index contributed by atoms with van der Waals surface area (Å²) in [4.78, 5) is 41.3. The maximum Gasteiger partial charge on any atom is 0.337 e. The first kappa shape index (κ1) is 23.2. The van der Waals surface area contributed by atoms with Gasteiger partial charge in [0.1, 0.15) is 18.8 Å². The molecule has 1 amide bonds. The van der Waals surface area contributed by atoms with Gasteiger partial charge in [0.15, 0.2) is 11.4 Å². The van der Waals surface area contributed by atoms with E-state index in [1.807, 2.05) is 31.2 Å². The average molecular weight is 442 g/mol. The van der Waals surface area contributed by atoms with Gasteiger partial charge in [0.2, 0.25) is 5.75 Å². The third-order valence-electron chi connectivity index (χ3n) is 5.27. The lowest BCUT2D eigenvalue weighted by Crippen LogP contribution is -2.41. The van der Waals surface area contributed by atoms with Crippen LogP contribution in [-0.2, 0) is 25.5 Å². The molecule has 9 nitrogen and oxygen atoms in total. The Morgan fingerprint density at radius 1 is 1.19 bits per heavy atom. The molecule has 0 aliphatic heterocycles. The number of pyridine rings is 1.